The fourth-order valence-electron chi connectivity index (χ4n) is 3.10. The van der Waals surface area contributed by atoms with Crippen molar-refractivity contribution >= 4 is 68.4 Å². The quantitative estimate of drug-likeness (QED) is 0.270. The van der Waals surface area contributed by atoms with E-state index in [1.54, 1.807) is 42.5 Å². The molecule has 1 fully saturated rings. The van der Waals surface area contributed by atoms with Gasteiger partial charge in [0.2, 0.25) is 0 Å². The van der Waals surface area contributed by atoms with Gasteiger partial charge in [-0.3, -0.25) is 19.8 Å². The zero-order chi connectivity index (χ0) is 22.7. The van der Waals surface area contributed by atoms with E-state index >= 15 is 0 Å². The summed E-state index contributed by atoms with van der Waals surface area (Å²) in [7, 11) is 0. The number of nitrogens with zero attached hydrogens (tertiary/aromatic N) is 1. The number of halogens is 2. The predicted molar refractivity (Wildman–Crippen MR) is 133 cm³/mol. The summed E-state index contributed by atoms with van der Waals surface area (Å²) in [5.74, 6) is -0.557. The van der Waals surface area contributed by atoms with E-state index in [4.69, 9.17) is 28.6 Å². The Balaban J connectivity index is 1.55. The van der Waals surface area contributed by atoms with E-state index in [1.807, 2.05) is 30.3 Å². The summed E-state index contributed by atoms with van der Waals surface area (Å²) in [6, 6.07) is 21.8. The molecule has 0 aromatic heterocycles. The number of amides is 2. The van der Waals surface area contributed by atoms with Crippen molar-refractivity contribution in [2.24, 2.45) is 0 Å². The van der Waals surface area contributed by atoms with E-state index in [-0.39, 0.29) is 10.7 Å². The topological polar surface area (TPSA) is 58.6 Å². The number of carbonyl (C=O) groups excluding carboxylic acids is 2. The second-order valence-corrected chi connectivity index (χ2v) is 8.61. The lowest BCUT2D eigenvalue weighted by Crippen LogP contribution is -2.54. The van der Waals surface area contributed by atoms with Gasteiger partial charge in [0.05, 0.1) is 10.7 Å². The molecule has 0 spiro atoms. The highest BCUT2D eigenvalue weighted by molar-refractivity contribution is 9.10. The Bertz CT molecular complexity index is 1230. The van der Waals surface area contributed by atoms with E-state index in [2.05, 4.69) is 21.2 Å². The number of hydrogen-bond acceptors (Lipinski definition) is 4. The van der Waals surface area contributed by atoms with Gasteiger partial charge in [-0.1, -0.05) is 63.9 Å². The molecule has 1 N–H and O–H groups in total. The van der Waals surface area contributed by atoms with Crippen molar-refractivity contribution in [1.82, 2.24) is 5.32 Å². The van der Waals surface area contributed by atoms with Gasteiger partial charge in [0.25, 0.3) is 11.8 Å². The number of ether oxygens (including phenoxy) is 1. The molecule has 160 valence electrons. The number of anilines is 1. The first-order chi connectivity index (χ1) is 15.4. The highest BCUT2D eigenvalue weighted by atomic mass is 79.9. The molecule has 0 aliphatic carbocycles. The van der Waals surface area contributed by atoms with Crippen LogP contribution in [0.3, 0.4) is 0 Å². The van der Waals surface area contributed by atoms with Crippen molar-refractivity contribution < 1.29 is 14.3 Å². The molecule has 1 aliphatic rings. The number of nitrogens with one attached hydrogen (secondary N) is 1. The average molecular weight is 528 g/mol. The summed E-state index contributed by atoms with van der Waals surface area (Å²) in [5.41, 5.74) is 2.12. The molecule has 0 bridgehead atoms. The van der Waals surface area contributed by atoms with Crippen molar-refractivity contribution in [2.45, 2.75) is 6.61 Å². The molecule has 0 atom stereocenters. The summed E-state index contributed by atoms with van der Waals surface area (Å²) in [6.45, 7) is 0.359. The fourth-order valence-corrected chi connectivity index (χ4v) is 3.89. The van der Waals surface area contributed by atoms with E-state index < -0.39 is 11.8 Å². The van der Waals surface area contributed by atoms with E-state index in [0.717, 1.165) is 10.0 Å². The number of hydrogen-bond donors (Lipinski definition) is 1. The molecule has 2 amide bonds. The van der Waals surface area contributed by atoms with Gasteiger partial charge in [-0.2, -0.15) is 0 Å². The van der Waals surface area contributed by atoms with E-state index in [1.165, 1.54) is 11.0 Å². The third-order valence-corrected chi connectivity index (χ3v) is 5.80. The average Bonchev–Trinajstić information content (AvgIpc) is 2.78. The minimum Gasteiger partial charge on any atom is -0.487 e. The molecular formula is C24H16BrClN2O3S. The molecule has 0 saturated carbocycles. The molecule has 4 rings (SSSR count). The van der Waals surface area contributed by atoms with Crippen molar-refractivity contribution in [1.29, 1.82) is 0 Å². The third-order valence-electron chi connectivity index (χ3n) is 4.69. The molecule has 1 aliphatic heterocycles. The minimum absolute atomic E-state index is 0.0398. The van der Waals surface area contributed by atoms with E-state index in [0.29, 0.717) is 28.6 Å². The van der Waals surface area contributed by atoms with Crippen molar-refractivity contribution in [3.63, 3.8) is 0 Å². The van der Waals surface area contributed by atoms with Crippen LogP contribution in [0.1, 0.15) is 11.1 Å². The maximum Gasteiger partial charge on any atom is 0.270 e. The number of benzene rings is 3. The van der Waals surface area contributed by atoms with Gasteiger partial charge in [-0.25, -0.2) is 0 Å². The smallest absolute Gasteiger partial charge is 0.270 e. The Kier molecular flexibility index (Phi) is 6.69. The molecular weight excluding hydrogens is 512 g/mol. The normalized spacial score (nSPS) is 15.1. The molecule has 1 heterocycles. The molecule has 5 nitrogen and oxygen atoms in total. The lowest BCUT2D eigenvalue weighted by molar-refractivity contribution is -0.122. The molecule has 0 radical (unpaired) electrons. The first kappa shape index (κ1) is 22.2. The summed E-state index contributed by atoms with van der Waals surface area (Å²) in [5, 5.41) is 2.98. The zero-order valence-electron chi connectivity index (χ0n) is 16.5. The summed E-state index contributed by atoms with van der Waals surface area (Å²) in [6.07, 6.45) is 1.49. The highest BCUT2D eigenvalue weighted by Gasteiger charge is 2.34. The van der Waals surface area contributed by atoms with Gasteiger partial charge in [0.15, 0.2) is 5.11 Å². The Labute approximate surface area is 203 Å². The Hall–Kier alpha value is -3.00. The summed E-state index contributed by atoms with van der Waals surface area (Å²) < 4.78 is 6.79. The van der Waals surface area contributed by atoms with Crippen LogP contribution in [0, 0.1) is 0 Å². The minimum atomic E-state index is -0.557. The first-order valence-corrected chi connectivity index (χ1v) is 11.1. The maximum atomic E-state index is 13.0. The van der Waals surface area contributed by atoms with Gasteiger partial charge in [0.1, 0.15) is 17.9 Å². The van der Waals surface area contributed by atoms with Crippen LogP contribution in [0.2, 0.25) is 5.02 Å². The van der Waals surface area contributed by atoms with Crippen molar-refractivity contribution in [3.8, 4) is 5.75 Å². The predicted octanol–water partition coefficient (Wildman–Crippen LogP) is 5.51. The van der Waals surface area contributed by atoms with Crippen LogP contribution in [0.25, 0.3) is 6.08 Å². The largest absolute Gasteiger partial charge is 0.487 e. The van der Waals surface area contributed by atoms with Crippen LogP contribution in [-0.2, 0) is 16.2 Å². The number of thiocarbonyl (C=S) groups is 1. The van der Waals surface area contributed by atoms with Gasteiger partial charge in [-0.15, -0.1) is 0 Å². The van der Waals surface area contributed by atoms with Crippen LogP contribution in [0.4, 0.5) is 5.69 Å². The van der Waals surface area contributed by atoms with Crippen LogP contribution in [0.15, 0.2) is 82.8 Å². The number of carbonyl (C=O) groups is 2. The standard InChI is InChI=1S/C24H16BrClN2O3S/c25-17-9-6-15(7-10-17)14-31-21-11-8-16(13-20(21)26)12-19-22(29)27-24(32)28(23(19)30)18-4-2-1-3-5-18/h1-13H,14H2,(H,27,29,32)/b19-12-. The zero-order valence-corrected chi connectivity index (χ0v) is 19.7. The molecule has 8 heteroatoms. The lowest BCUT2D eigenvalue weighted by Gasteiger charge is -2.28. The SMILES string of the molecule is O=C1NC(=S)N(c2ccccc2)C(=O)/C1=C\c1ccc(OCc2ccc(Br)cc2)c(Cl)c1. The first-order valence-electron chi connectivity index (χ1n) is 9.55. The van der Waals surface area contributed by atoms with Crippen molar-refractivity contribution in [3.05, 3.63) is 99.0 Å². The maximum absolute atomic E-state index is 13.0. The molecule has 3 aromatic carbocycles. The van der Waals surface area contributed by atoms with Crippen LogP contribution < -0.4 is 15.0 Å². The summed E-state index contributed by atoms with van der Waals surface area (Å²) in [4.78, 5) is 26.8. The third kappa shape index (κ3) is 4.91. The second kappa shape index (κ2) is 9.65. The molecule has 32 heavy (non-hydrogen) atoms. The Morgan fingerprint density at radius 1 is 1.03 bits per heavy atom. The van der Waals surface area contributed by atoms with Crippen LogP contribution in [-0.4, -0.2) is 16.9 Å². The summed E-state index contributed by atoms with van der Waals surface area (Å²) >= 11 is 15.0. The number of para-hydroxylation sites is 1. The molecule has 3 aromatic rings. The Morgan fingerprint density at radius 2 is 1.75 bits per heavy atom. The van der Waals surface area contributed by atoms with Gasteiger partial charge < -0.3 is 4.74 Å². The van der Waals surface area contributed by atoms with Crippen LogP contribution in [0.5, 0.6) is 5.75 Å². The van der Waals surface area contributed by atoms with Gasteiger partial charge in [-0.05, 0) is 65.8 Å². The van der Waals surface area contributed by atoms with Gasteiger partial charge >= 0.3 is 0 Å². The second-order valence-electron chi connectivity index (χ2n) is 6.90. The monoisotopic (exact) mass is 526 g/mol. The van der Waals surface area contributed by atoms with Gasteiger partial charge in [0, 0.05) is 4.47 Å². The number of rotatable bonds is 5. The van der Waals surface area contributed by atoms with Crippen LogP contribution >= 0.6 is 39.7 Å². The molecule has 1 saturated heterocycles. The van der Waals surface area contributed by atoms with E-state index in [9.17, 15) is 9.59 Å². The Morgan fingerprint density at radius 3 is 2.44 bits per heavy atom. The lowest BCUT2D eigenvalue weighted by atomic mass is 10.1. The fraction of sp³-hybridized carbons (Fsp3) is 0.0417. The van der Waals surface area contributed by atoms with Crippen molar-refractivity contribution in [2.75, 3.05) is 4.90 Å². The highest BCUT2D eigenvalue weighted by Crippen LogP contribution is 2.28. The molecule has 0 unspecified atom stereocenters.